The highest BCUT2D eigenvalue weighted by atomic mass is 16.3. The normalized spacial score (nSPS) is 12.5. The van der Waals surface area contributed by atoms with Gasteiger partial charge in [-0.2, -0.15) is 0 Å². The van der Waals surface area contributed by atoms with Gasteiger partial charge in [-0.25, -0.2) is 0 Å². The van der Waals surface area contributed by atoms with Crippen LogP contribution in [0.3, 0.4) is 0 Å². The molecule has 0 fully saturated rings. The Bertz CT molecular complexity index is 2870. The van der Waals surface area contributed by atoms with E-state index < -0.39 is 0 Å². The zero-order valence-corrected chi connectivity index (χ0v) is 35.3. The van der Waals surface area contributed by atoms with E-state index in [1.807, 2.05) is 125 Å². The first kappa shape index (κ1) is 40.0. The fourth-order valence-electron chi connectivity index (χ4n) is 9.12. The molecule has 8 aromatic rings. The van der Waals surface area contributed by atoms with E-state index in [0.29, 0.717) is 62.1 Å². The van der Waals surface area contributed by atoms with Crippen LogP contribution in [-0.4, -0.2) is 35.5 Å². The SMILES string of the molecule is Cc1cc2c(O)c(c1)Cc1cc(C)cc(c1O)Cc1cc(-c3ccc(-c4ccc(-c5ccccn5)nc4)cc3)cc(c1O)Cc1cc(C)cc(c1O)Cc1cc(C)cc(c1O)C2. The molecule has 0 saturated carbocycles. The second-order valence-electron chi connectivity index (χ2n) is 17.0. The Balaban J connectivity index is 1.18. The molecule has 1 aliphatic carbocycles. The minimum absolute atomic E-state index is 0.0886. The monoisotopic (exact) mass is 816 g/mol. The summed E-state index contributed by atoms with van der Waals surface area (Å²) in [6.07, 6.45) is 4.95. The quantitative estimate of drug-likeness (QED) is 0.120. The molecule has 0 atom stereocenters. The summed E-state index contributed by atoms with van der Waals surface area (Å²) in [6.45, 7) is 7.91. The predicted octanol–water partition coefficient (Wildman–Crippen LogP) is 11.5. The van der Waals surface area contributed by atoms with E-state index in [4.69, 9.17) is 0 Å². The average Bonchev–Trinajstić information content (AvgIpc) is 3.26. The van der Waals surface area contributed by atoms with Crippen LogP contribution in [0.15, 0.2) is 128 Å². The van der Waals surface area contributed by atoms with Gasteiger partial charge in [0.1, 0.15) is 28.7 Å². The minimum atomic E-state index is 0.0886. The Kier molecular flexibility index (Phi) is 10.5. The van der Waals surface area contributed by atoms with Crippen molar-refractivity contribution in [2.75, 3.05) is 0 Å². The van der Waals surface area contributed by atoms with E-state index in [9.17, 15) is 25.5 Å². The Morgan fingerprint density at radius 1 is 0.323 bits per heavy atom. The van der Waals surface area contributed by atoms with Gasteiger partial charge in [-0.15, -0.1) is 0 Å². The lowest BCUT2D eigenvalue weighted by Crippen LogP contribution is -2.02. The second kappa shape index (κ2) is 16.2. The molecule has 6 aromatic carbocycles. The van der Waals surface area contributed by atoms with Crippen molar-refractivity contribution < 1.29 is 25.5 Å². The minimum Gasteiger partial charge on any atom is -0.507 e. The largest absolute Gasteiger partial charge is 0.507 e. The van der Waals surface area contributed by atoms with Crippen LogP contribution in [-0.2, 0) is 32.1 Å². The highest BCUT2D eigenvalue weighted by Gasteiger charge is 2.22. The molecule has 5 N–H and O–H groups in total. The lowest BCUT2D eigenvalue weighted by Gasteiger charge is -2.19. The van der Waals surface area contributed by atoms with Gasteiger partial charge in [0, 0.05) is 50.1 Å². The molecular weight excluding hydrogens is 769 g/mol. The molecule has 2 aromatic heterocycles. The summed E-state index contributed by atoms with van der Waals surface area (Å²) in [4.78, 5) is 9.09. The van der Waals surface area contributed by atoms with Crippen LogP contribution >= 0.6 is 0 Å². The maximum Gasteiger partial charge on any atom is 0.122 e. The number of fused-ring (bicyclic) bond motifs is 10. The van der Waals surface area contributed by atoms with Gasteiger partial charge >= 0.3 is 0 Å². The van der Waals surface area contributed by atoms with Crippen molar-refractivity contribution >= 4 is 0 Å². The van der Waals surface area contributed by atoms with Gasteiger partial charge in [0.05, 0.1) is 11.4 Å². The Morgan fingerprint density at radius 2 is 0.629 bits per heavy atom. The number of benzene rings is 6. The van der Waals surface area contributed by atoms with Gasteiger partial charge in [0.15, 0.2) is 0 Å². The molecule has 7 heteroatoms. The molecule has 0 saturated heterocycles. The molecule has 2 heterocycles. The van der Waals surface area contributed by atoms with Gasteiger partial charge < -0.3 is 25.5 Å². The van der Waals surface area contributed by atoms with E-state index in [1.165, 1.54) is 0 Å². The van der Waals surface area contributed by atoms with Crippen molar-refractivity contribution in [3.63, 3.8) is 0 Å². The predicted molar refractivity (Wildman–Crippen MR) is 245 cm³/mol. The summed E-state index contributed by atoms with van der Waals surface area (Å²) >= 11 is 0. The molecular formula is C55H48N2O5. The zero-order valence-electron chi connectivity index (χ0n) is 35.3. The molecule has 7 nitrogen and oxygen atoms in total. The third kappa shape index (κ3) is 7.97. The molecule has 0 aliphatic heterocycles. The molecule has 0 radical (unpaired) electrons. The van der Waals surface area contributed by atoms with E-state index >= 15 is 0 Å². The zero-order chi connectivity index (χ0) is 43.2. The van der Waals surface area contributed by atoms with E-state index in [1.54, 1.807) is 6.20 Å². The van der Waals surface area contributed by atoms with E-state index in [-0.39, 0.29) is 54.4 Å². The molecule has 308 valence electrons. The summed E-state index contributed by atoms with van der Waals surface area (Å²) in [5.41, 5.74) is 15.7. The fraction of sp³-hybridized carbons (Fsp3) is 0.164. The van der Waals surface area contributed by atoms with Crippen LogP contribution in [0.25, 0.3) is 33.6 Å². The van der Waals surface area contributed by atoms with Gasteiger partial charge in [-0.3, -0.25) is 9.97 Å². The number of rotatable bonds is 3. The maximum absolute atomic E-state index is 12.1. The summed E-state index contributed by atoms with van der Waals surface area (Å²) in [5, 5.41) is 59.5. The molecule has 0 spiro atoms. The number of aromatic hydroxyl groups is 5. The number of phenols is 5. The van der Waals surface area contributed by atoms with Crippen LogP contribution in [0, 0.1) is 27.7 Å². The van der Waals surface area contributed by atoms with Crippen molar-refractivity contribution in [2.24, 2.45) is 0 Å². The number of phenolic OH excluding ortho intramolecular Hbond substituents is 5. The molecule has 9 rings (SSSR count). The van der Waals surface area contributed by atoms with Crippen LogP contribution in [0.1, 0.15) is 77.9 Å². The van der Waals surface area contributed by atoms with Crippen LogP contribution < -0.4 is 0 Å². The first-order valence-corrected chi connectivity index (χ1v) is 21.0. The first-order chi connectivity index (χ1) is 29.9. The van der Waals surface area contributed by atoms with Crippen molar-refractivity contribution in [1.82, 2.24) is 9.97 Å². The standard InChI is InChI=1S/C55H48N2O5/c1-31-15-39-25-40-16-32(2)18-42(52(40)59)27-44-20-34(4)22-46(54(44)61)29-48-24-38(36-10-8-35(9-11-36)37-12-13-50(57-30-37)49-7-5-6-14-56-49)23-47(55(48)62)28-45-21-33(3)19-43(53(45)60)26-41(17-31)51(39)58/h5-24,30,58-62H,25-29H2,1-4H3. The van der Waals surface area contributed by atoms with Crippen molar-refractivity contribution in [3.05, 3.63) is 206 Å². The smallest absolute Gasteiger partial charge is 0.122 e. The number of aryl methyl sites for hydroxylation is 4. The van der Waals surface area contributed by atoms with Crippen LogP contribution in [0.2, 0.25) is 0 Å². The number of pyridine rings is 2. The second-order valence-corrected chi connectivity index (χ2v) is 17.0. The fourth-order valence-corrected chi connectivity index (χ4v) is 9.12. The first-order valence-electron chi connectivity index (χ1n) is 21.0. The molecule has 0 unspecified atom stereocenters. The van der Waals surface area contributed by atoms with Gasteiger partial charge in [-0.1, -0.05) is 107 Å². The lowest BCUT2D eigenvalue weighted by atomic mass is 9.88. The Labute approximate surface area is 362 Å². The summed E-state index contributed by atoms with van der Waals surface area (Å²) in [6, 6.07) is 37.5. The maximum atomic E-state index is 12.1. The topological polar surface area (TPSA) is 127 Å². The highest BCUT2D eigenvalue weighted by Crippen LogP contribution is 2.41. The highest BCUT2D eigenvalue weighted by molar-refractivity contribution is 5.73. The van der Waals surface area contributed by atoms with Gasteiger partial charge in [0.2, 0.25) is 0 Å². The van der Waals surface area contributed by atoms with Crippen molar-refractivity contribution in [1.29, 1.82) is 0 Å². The lowest BCUT2D eigenvalue weighted by molar-refractivity contribution is 0.450. The molecule has 1 aliphatic rings. The van der Waals surface area contributed by atoms with Crippen LogP contribution in [0.4, 0.5) is 0 Å². The number of nitrogens with zero attached hydrogens (tertiary/aromatic N) is 2. The van der Waals surface area contributed by atoms with Gasteiger partial charge in [-0.05, 0) is 130 Å². The molecule has 62 heavy (non-hydrogen) atoms. The number of aromatic nitrogens is 2. The summed E-state index contributed by atoms with van der Waals surface area (Å²) in [5.74, 6) is 0.538. The van der Waals surface area contributed by atoms with Gasteiger partial charge in [0.25, 0.3) is 0 Å². The Hall–Kier alpha value is -7.38. The Morgan fingerprint density at radius 3 is 0.935 bits per heavy atom. The average molecular weight is 817 g/mol. The molecule has 0 amide bonds. The number of hydrogen-bond donors (Lipinski definition) is 5. The van der Waals surface area contributed by atoms with E-state index in [2.05, 4.69) is 34.2 Å². The van der Waals surface area contributed by atoms with Crippen molar-refractivity contribution in [2.45, 2.75) is 59.8 Å². The third-order valence-electron chi connectivity index (χ3n) is 12.1. The summed E-state index contributed by atoms with van der Waals surface area (Å²) < 4.78 is 0. The van der Waals surface area contributed by atoms with Crippen LogP contribution in [0.5, 0.6) is 28.7 Å². The number of hydrogen-bond acceptors (Lipinski definition) is 7. The van der Waals surface area contributed by atoms with E-state index in [0.717, 1.165) is 55.9 Å². The molecule has 10 bridgehead atoms. The summed E-state index contributed by atoms with van der Waals surface area (Å²) in [7, 11) is 0. The van der Waals surface area contributed by atoms with Crippen molar-refractivity contribution in [3.8, 4) is 62.4 Å². The third-order valence-corrected chi connectivity index (χ3v) is 12.1.